The number of carbonyl (C=O) groups excluding carboxylic acids is 2. The molecule has 0 saturated heterocycles. The van der Waals surface area contributed by atoms with Crippen LogP contribution in [0.1, 0.15) is 22.3 Å². The van der Waals surface area contributed by atoms with Crippen LogP contribution in [0.2, 0.25) is 5.02 Å². The van der Waals surface area contributed by atoms with Crippen LogP contribution in [0.3, 0.4) is 0 Å². The first kappa shape index (κ1) is 18.0. The summed E-state index contributed by atoms with van der Waals surface area (Å²) in [6.07, 6.45) is 0.295. The number of para-hydroxylation sites is 1. The molecule has 0 bridgehead atoms. The fourth-order valence-electron chi connectivity index (χ4n) is 2.13. The van der Waals surface area contributed by atoms with Gasteiger partial charge >= 0.3 is 5.97 Å². The van der Waals surface area contributed by atoms with Gasteiger partial charge in [-0.3, -0.25) is 4.79 Å². The molecule has 1 amide bonds. The highest BCUT2D eigenvalue weighted by Crippen LogP contribution is 2.16. The van der Waals surface area contributed by atoms with Crippen molar-refractivity contribution in [2.24, 2.45) is 0 Å². The molecule has 24 heavy (non-hydrogen) atoms. The Balaban J connectivity index is 1.79. The summed E-state index contributed by atoms with van der Waals surface area (Å²) < 4.78 is 4.70. The molecule has 0 aliphatic carbocycles. The van der Waals surface area contributed by atoms with E-state index in [0.29, 0.717) is 35.8 Å². The molecule has 2 N–H and O–H groups in total. The number of methoxy groups -OCH3 is 1. The van der Waals surface area contributed by atoms with Crippen LogP contribution in [0, 0.1) is 0 Å². The molecule has 0 aliphatic rings. The van der Waals surface area contributed by atoms with E-state index >= 15 is 0 Å². The molecule has 0 aliphatic heterocycles. The van der Waals surface area contributed by atoms with Crippen molar-refractivity contribution in [3.63, 3.8) is 0 Å². The molecule has 6 heteroatoms. The van der Waals surface area contributed by atoms with E-state index in [-0.39, 0.29) is 5.91 Å². The van der Waals surface area contributed by atoms with E-state index in [2.05, 4.69) is 10.6 Å². The first-order chi connectivity index (χ1) is 11.6. The number of halogens is 1. The maximum absolute atomic E-state index is 12.0. The van der Waals surface area contributed by atoms with E-state index < -0.39 is 5.97 Å². The van der Waals surface area contributed by atoms with Gasteiger partial charge in [0.25, 0.3) is 0 Å². The SMILES string of the molecule is COC(=O)c1ccccc1NC(=O)CCNCc1ccc(Cl)cc1. The summed E-state index contributed by atoms with van der Waals surface area (Å²) in [5.41, 5.74) is 1.88. The lowest BCUT2D eigenvalue weighted by Crippen LogP contribution is -2.22. The van der Waals surface area contributed by atoms with Crippen LogP contribution in [0.15, 0.2) is 48.5 Å². The molecule has 0 aromatic heterocycles. The monoisotopic (exact) mass is 346 g/mol. The fourth-order valence-corrected chi connectivity index (χ4v) is 2.26. The van der Waals surface area contributed by atoms with Gasteiger partial charge in [-0.15, -0.1) is 0 Å². The van der Waals surface area contributed by atoms with Gasteiger partial charge in [-0.2, -0.15) is 0 Å². The molecule has 2 aromatic carbocycles. The van der Waals surface area contributed by atoms with Crippen molar-refractivity contribution in [3.8, 4) is 0 Å². The maximum Gasteiger partial charge on any atom is 0.339 e. The third-order valence-corrected chi connectivity index (χ3v) is 3.63. The van der Waals surface area contributed by atoms with Crippen molar-refractivity contribution < 1.29 is 14.3 Å². The molecule has 126 valence electrons. The third-order valence-electron chi connectivity index (χ3n) is 3.38. The first-order valence-electron chi connectivity index (χ1n) is 7.52. The zero-order valence-corrected chi connectivity index (χ0v) is 14.1. The fraction of sp³-hybridized carbons (Fsp3) is 0.222. The van der Waals surface area contributed by atoms with E-state index in [1.807, 2.05) is 24.3 Å². The van der Waals surface area contributed by atoms with E-state index in [0.717, 1.165) is 5.56 Å². The van der Waals surface area contributed by atoms with Crippen molar-refractivity contribution in [1.29, 1.82) is 0 Å². The predicted octanol–water partition coefficient (Wildman–Crippen LogP) is 3.25. The molecule has 0 heterocycles. The van der Waals surface area contributed by atoms with Crippen LogP contribution < -0.4 is 10.6 Å². The van der Waals surface area contributed by atoms with Crippen LogP contribution in [-0.4, -0.2) is 25.5 Å². The quantitative estimate of drug-likeness (QED) is 0.596. The number of benzene rings is 2. The van der Waals surface area contributed by atoms with E-state index in [1.165, 1.54) is 7.11 Å². The Labute approximate surface area is 146 Å². The van der Waals surface area contributed by atoms with Crippen molar-refractivity contribution in [2.75, 3.05) is 19.0 Å². The minimum Gasteiger partial charge on any atom is -0.465 e. The summed E-state index contributed by atoms with van der Waals surface area (Å²) in [5, 5.41) is 6.62. The number of rotatable bonds is 7. The highest BCUT2D eigenvalue weighted by atomic mass is 35.5. The molecule has 0 atom stereocenters. The van der Waals surface area contributed by atoms with Gasteiger partial charge < -0.3 is 15.4 Å². The standard InChI is InChI=1S/C18H19ClN2O3/c1-24-18(23)15-4-2-3-5-16(15)21-17(22)10-11-20-12-13-6-8-14(19)9-7-13/h2-9,20H,10-12H2,1H3,(H,21,22). The molecule has 5 nitrogen and oxygen atoms in total. The minimum absolute atomic E-state index is 0.171. The summed E-state index contributed by atoms with van der Waals surface area (Å²) in [5.74, 6) is -0.651. The Morgan fingerprint density at radius 3 is 2.50 bits per heavy atom. The van der Waals surface area contributed by atoms with Crippen molar-refractivity contribution >= 4 is 29.2 Å². The second-order valence-corrected chi connectivity index (χ2v) is 5.58. The summed E-state index contributed by atoms with van der Waals surface area (Å²) in [6, 6.07) is 14.3. The van der Waals surface area contributed by atoms with E-state index in [9.17, 15) is 9.59 Å². The number of nitrogens with one attached hydrogen (secondary N) is 2. The number of ether oxygens (including phenoxy) is 1. The lowest BCUT2D eigenvalue weighted by Gasteiger charge is -2.10. The Kier molecular flexibility index (Phi) is 6.78. The molecule has 0 unspecified atom stereocenters. The van der Waals surface area contributed by atoms with E-state index in [1.54, 1.807) is 24.3 Å². The molecule has 0 fully saturated rings. The second-order valence-electron chi connectivity index (χ2n) is 5.14. The third kappa shape index (κ3) is 5.37. The molecule has 2 aromatic rings. The Morgan fingerprint density at radius 2 is 1.79 bits per heavy atom. The van der Waals surface area contributed by atoms with Gasteiger partial charge in [0, 0.05) is 24.5 Å². The van der Waals surface area contributed by atoms with Gasteiger partial charge in [0.05, 0.1) is 18.4 Å². The van der Waals surface area contributed by atoms with Crippen molar-refractivity contribution in [1.82, 2.24) is 5.32 Å². The summed E-state index contributed by atoms with van der Waals surface area (Å²) in [4.78, 5) is 23.7. The lowest BCUT2D eigenvalue weighted by atomic mass is 10.1. The minimum atomic E-state index is -0.480. The molecule has 2 rings (SSSR count). The first-order valence-corrected chi connectivity index (χ1v) is 7.90. The molecular weight excluding hydrogens is 328 g/mol. The Morgan fingerprint density at radius 1 is 1.08 bits per heavy atom. The molecule has 0 radical (unpaired) electrons. The van der Waals surface area contributed by atoms with Gasteiger partial charge in [0.2, 0.25) is 5.91 Å². The normalized spacial score (nSPS) is 10.2. The van der Waals surface area contributed by atoms with Crippen LogP contribution >= 0.6 is 11.6 Å². The average molecular weight is 347 g/mol. The van der Waals surface area contributed by atoms with Crippen molar-refractivity contribution in [2.45, 2.75) is 13.0 Å². The maximum atomic E-state index is 12.0. The lowest BCUT2D eigenvalue weighted by molar-refractivity contribution is -0.116. The van der Waals surface area contributed by atoms with Crippen molar-refractivity contribution in [3.05, 3.63) is 64.7 Å². The number of hydrogen-bond acceptors (Lipinski definition) is 4. The van der Waals surface area contributed by atoms with Crippen LogP contribution in [0.4, 0.5) is 5.69 Å². The Bertz CT molecular complexity index is 702. The number of carbonyl (C=O) groups is 2. The number of hydrogen-bond donors (Lipinski definition) is 2. The zero-order chi connectivity index (χ0) is 17.4. The molecule has 0 spiro atoms. The summed E-state index contributed by atoms with van der Waals surface area (Å²) in [7, 11) is 1.31. The van der Waals surface area contributed by atoms with Crippen LogP contribution in [0.5, 0.6) is 0 Å². The number of anilines is 1. The van der Waals surface area contributed by atoms with Gasteiger partial charge in [-0.25, -0.2) is 4.79 Å². The highest BCUT2D eigenvalue weighted by Gasteiger charge is 2.12. The Hall–Kier alpha value is -2.37. The average Bonchev–Trinajstić information content (AvgIpc) is 2.60. The van der Waals surface area contributed by atoms with Crippen LogP contribution in [-0.2, 0) is 16.1 Å². The summed E-state index contributed by atoms with van der Waals surface area (Å²) >= 11 is 5.83. The summed E-state index contributed by atoms with van der Waals surface area (Å²) in [6.45, 7) is 1.18. The molecule has 0 saturated carbocycles. The van der Waals surface area contributed by atoms with Gasteiger partial charge in [-0.05, 0) is 29.8 Å². The van der Waals surface area contributed by atoms with Gasteiger partial charge in [0.15, 0.2) is 0 Å². The number of esters is 1. The van der Waals surface area contributed by atoms with Gasteiger partial charge in [0.1, 0.15) is 0 Å². The topological polar surface area (TPSA) is 67.4 Å². The predicted molar refractivity (Wildman–Crippen MR) is 94.2 cm³/mol. The second kappa shape index (κ2) is 9.05. The number of amides is 1. The highest BCUT2D eigenvalue weighted by molar-refractivity contribution is 6.30. The smallest absolute Gasteiger partial charge is 0.339 e. The van der Waals surface area contributed by atoms with E-state index in [4.69, 9.17) is 16.3 Å². The van der Waals surface area contributed by atoms with Gasteiger partial charge in [-0.1, -0.05) is 35.9 Å². The molecular formula is C18H19ClN2O3. The zero-order valence-electron chi connectivity index (χ0n) is 13.3. The van der Waals surface area contributed by atoms with Crippen LogP contribution in [0.25, 0.3) is 0 Å². The largest absolute Gasteiger partial charge is 0.465 e.